The average Bonchev–Trinajstić information content (AvgIpc) is 3.17. The number of sulfonamides is 1. The van der Waals surface area contributed by atoms with Crippen LogP contribution in [-0.2, 0) is 29.5 Å². The molecule has 168 valence electrons. The van der Waals surface area contributed by atoms with E-state index in [0.29, 0.717) is 11.4 Å². The summed E-state index contributed by atoms with van der Waals surface area (Å²) >= 11 is 1.81. The number of benzene rings is 1. The number of rotatable bonds is 9. The Morgan fingerprint density at radius 2 is 1.70 bits per heavy atom. The standard InChI is InChI=1S/C21H32N4O2S2.HI/c1-6-18-10-11-19(28-18)15-24-21(22-7-2)23-14-17-8-12-20(13-9-17)29(26,27)25(5)16(3)4;/h8-13,16H,6-7,14-15H2,1-5H3,(H2,22,23,24);1H. The number of halogens is 1. The molecule has 0 aliphatic carbocycles. The first-order chi connectivity index (χ1) is 13.8. The molecule has 0 atom stereocenters. The van der Waals surface area contributed by atoms with Crippen molar-refractivity contribution in [2.24, 2.45) is 4.99 Å². The van der Waals surface area contributed by atoms with Crippen LogP contribution in [0.2, 0.25) is 0 Å². The number of guanidine groups is 1. The molecule has 0 amide bonds. The van der Waals surface area contributed by atoms with Gasteiger partial charge in [-0.2, -0.15) is 4.31 Å². The average molecular weight is 565 g/mol. The quantitative estimate of drug-likeness (QED) is 0.272. The number of thiophene rings is 1. The Kier molecular flexibility index (Phi) is 11.3. The van der Waals surface area contributed by atoms with Crippen LogP contribution in [0.3, 0.4) is 0 Å². The molecule has 0 aliphatic heterocycles. The first-order valence-corrected chi connectivity index (χ1v) is 12.2. The largest absolute Gasteiger partial charge is 0.357 e. The minimum Gasteiger partial charge on any atom is -0.357 e. The maximum absolute atomic E-state index is 12.6. The second-order valence-corrected chi connectivity index (χ2v) is 10.3. The van der Waals surface area contributed by atoms with Gasteiger partial charge in [-0.3, -0.25) is 0 Å². The van der Waals surface area contributed by atoms with Gasteiger partial charge < -0.3 is 10.6 Å². The Balaban J connectivity index is 0.00000450. The third kappa shape index (κ3) is 7.51. The van der Waals surface area contributed by atoms with Crippen LogP contribution in [0.1, 0.15) is 43.0 Å². The van der Waals surface area contributed by atoms with Gasteiger partial charge in [0, 0.05) is 29.4 Å². The molecule has 0 aliphatic rings. The maximum atomic E-state index is 12.6. The fourth-order valence-corrected chi connectivity index (χ4v) is 4.87. The van der Waals surface area contributed by atoms with E-state index in [1.54, 1.807) is 19.2 Å². The molecule has 0 saturated heterocycles. The fraction of sp³-hybridized carbons (Fsp3) is 0.476. The van der Waals surface area contributed by atoms with Crippen LogP contribution >= 0.6 is 35.3 Å². The van der Waals surface area contributed by atoms with Crippen LogP contribution in [0, 0.1) is 0 Å². The molecular formula is C21H33IN4O2S2. The van der Waals surface area contributed by atoms with E-state index >= 15 is 0 Å². The Morgan fingerprint density at radius 3 is 2.23 bits per heavy atom. The van der Waals surface area contributed by atoms with Gasteiger partial charge in [0.1, 0.15) is 0 Å². The van der Waals surface area contributed by atoms with Crippen molar-refractivity contribution in [1.29, 1.82) is 0 Å². The van der Waals surface area contributed by atoms with Crippen molar-refractivity contribution in [2.75, 3.05) is 13.6 Å². The molecule has 1 aromatic heterocycles. The van der Waals surface area contributed by atoms with E-state index in [-0.39, 0.29) is 30.0 Å². The van der Waals surface area contributed by atoms with Gasteiger partial charge >= 0.3 is 0 Å². The molecule has 0 spiro atoms. The van der Waals surface area contributed by atoms with Gasteiger partial charge in [-0.15, -0.1) is 35.3 Å². The van der Waals surface area contributed by atoms with Crippen LogP contribution in [0.25, 0.3) is 0 Å². The third-order valence-corrected chi connectivity index (χ3v) is 7.86. The van der Waals surface area contributed by atoms with E-state index in [2.05, 4.69) is 34.7 Å². The van der Waals surface area contributed by atoms with E-state index in [0.717, 1.165) is 31.0 Å². The Labute approximate surface area is 202 Å². The van der Waals surface area contributed by atoms with Crippen LogP contribution in [0.4, 0.5) is 0 Å². The highest BCUT2D eigenvalue weighted by molar-refractivity contribution is 14.0. The molecule has 0 fully saturated rings. The molecule has 9 heteroatoms. The van der Waals surface area contributed by atoms with Gasteiger partial charge in [0.05, 0.1) is 18.0 Å². The Morgan fingerprint density at radius 1 is 1.07 bits per heavy atom. The lowest BCUT2D eigenvalue weighted by atomic mass is 10.2. The Bertz CT molecular complexity index is 909. The van der Waals surface area contributed by atoms with Crippen LogP contribution in [0.15, 0.2) is 46.3 Å². The van der Waals surface area contributed by atoms with Gasteiger partial charge in [0.15, 0.2) is 5.96 Å². The lowest BCUT2D eigenvalue weighted by molar-refractivity contribution is 0.410. The lowest BCUT2D eigenvalue weighted by Gasteiger charge is -2.21. The molecule has 2 rings (SSSR count). The summed E-state index contributed by atoms with van der Waals surface area (Å²) in [5.74, 6) is 0.746. The first-order valence-electron chi connectivity index (χ1n) is 9.94. The number of nitrogens with zero attached hydrogens (tertiary/aromatic N) is 2. The highest BCUT2D eigenvalue weighted by atomic mass is 127. The zero-order valence-corrected chi connectivity index (χ0v) is 22.3. The number of aliphatic imine (C=N–C) groups is 1. The number of hydrogen-bond acceptors (Lipinski definition) is 4. The van der Waals surface area contributed by atoms with Crippen molar-refractivity contribution in [3.05, 3.63) is 51.7 Å². The monoisotopic (exact) mass is 564 g/mol. The fourth-order valence-electron chi connectivity index (χ4n) is 2.60. The molecule has 6 nitrogen and oxygen atoms in total. The highest BCUT2D eigenvalue weighted by Crippen LogP contribution is 2.18. The SMILES string of the molecule is CCNC(=NCc1ccc(S(=O)(=O)N(C)C(C)C)cc1)NCc1ccc(CC)s1.I. The van der Waals surface area contributed by atoms with Gasteiger partial charge in [-0.1, -0.05) is 19.1 Å². The van der Waals surface area contributed by atoms with Gasteiger partial charge in [-0.25, -0.2) is 13.4 Å². The van der Waals surface area contributed by atoms with Crippen molar-refractivity contribution in [1.82, 2.24) is 14.9 Å². The van der Waals surface area contributed by atoms with Gasteiger partial charge in [0.2, 0.25) is 10.0 Å². The van der Waals surface area contributed by atoms with E-state index < -0.39 is 10.0 Å². The highest BCUT2D eigenvalue weighted by Gasteiger charge is 2.22. The second-order valence-electron chi connectivity index (χ2n) is 7.03. The maximum Gasteiger partial charge on any atom is 0.243 e. The van der Waals surface area contributed by atoms with E-state index in [4.69, 9.17) is 0 Å². The van der Waals surface area contributed by atoms with Crippen molar-refractivity contribution in [3.63, 3.8) is 0 Å². The molecule has 1 aromatic carbocycles. The summed E-state index contributed by atoms with van der Waals surface area (Å²) in [6.45, 7) is 9.88. The van der Waals surface area contributed by atoms with Gasteiger partial charge in [-0.05, 0) is 57.0 Å². The van der Waals surface area contributed by atoms with E-state index in [1.165, 1.54) is 14.1 Å². The van der Waals surface area contributed by atoms with Gasteiger partial charge in [0.25, 0.3) is 0 Å². The number of hydrogen-bond donors (Lipinski definition) is 2. The smallest absolute Gasteiger partial charge is 0.243 e. The number of nitrogens with one attached hydrogen (secondary N) is 2. The summed E-state index contributed by atoms with van der Waals surface area (Å²) in [6.07, 6.45) is 1.05. The summed E-state index contributed by atoms with van der Waals surface area (Å²) in [5.41, 5.74) is 0.956. The lowest BCUT2D eigenvalue weighted by Crippen LogP contribution is -2.36. The predicted molar refractivity (Wildman–Crippen MR) is 137 cm³/mol. The van der Waals surface area contributed by atoms with E-state index in [1.807, 2.05) is 44.2 Å². The number of aryl methyl sites for hydroxylation is 1. The van der Waals surface area contributed by atoms with Crippen LogP contribution in [-0.4, -0.2) is 38.3 Å². The van der Waals surface area contributed by atoms with E-state index in [9.17, 15) is 8.42 Å². The summed E-state index contributed by atoms with van der Waals surface area (Å²) in [5, 5.41) is 6.60. The van der Waals surface area contributed by atoms with Crippen molar-refractivity contribution < 1.29 is 8.42 Å². The second kappa shape index (κ2) is 12.6. The zero-order chi connectivity index (χ0) is 21.4. The summed E-state index contributed by atoms with van der Waals surface area (Å²) < 4.78 is 26.5. The third-order valence-electron chi connectivity index (χ3n) is 4.59. The summed E-state index contributed by atoms with van der Waals surface area (Å²) in [7, 11) is -1.86. The normalized spacial score (nSPS) is 12.2. The summed E-state index contributed by atoms with van der Waals surface area (Å²) in [4.78, 5) is 7.57. The molecule has 0 bridgehead atoms. The molecule has 30 heavy (non-hydrogen) atoms. The van der Waals surface area contributed by atoms with Crippen LogP contribution in [0.5, 0.6) is 0 Å². The first kappa shape index (κ1) is 26.9. The summed E-state index contributed by atoms with van der Waals surface area (Å²) in [6, 6.07) is 11.2. The molecule has 0 saturated carbocycles. The molecule has 2 aromatic rings. The topological polar surface area (TPSA) is 73.8 Å². The zero-order valence-electron chi connectivity index (χ0n) is 18.3. The predicted octanol–water partition coefficient (Wildman–Crippen LogP) is 4.21. The molecule has 1 heterocycles. The van der Waals surface area contributed by atoms with Crippen LogP contribution < -0.4 is 10.6 Å². The van der Waals surface area contributed by atoms with Crippen molar-refractivity contribution in [3.8, 4) is 0 Å². The minimum absolute atomic E-state index is 0. The minimum atomic E-state index is -3.46. The Hall–Kier alpha value is -1.17. The molecule has 0 unspecified atom stereocenters. The molecular weight excluding hydrogens is 531 g/mol. The van der Waals surface area contributed by atoms with Crippen molar-refractivity contribution >= 4 is 51.3 Å². The molecule has 2 N–H and O–H groups in total. The molecule has 0 radical (unpaired) electrons. The van der Waals surface area contributed by atoms with Crippen molar-refractivity contribution in [2.45, 2.75) is 58.1 Å².